The number of urea groups is 1. The molecule has 2 aromatic heterocycles. The van der Waals surface area contributed by atoms with Crippen molar-refractivity contribution in [2.24, 2.45) is 5.92 Å². The Morgan fingerprint density at radius 3 is 2.73 bits per heavy atom. The predicted octanol–water partition coefficient (Wildman–Crippen LogP) is 5.39. The molecule has 0 spiro atoms. The molecule has 0 bridgehead atoms. The van der Waals surface area contributed by atoms with Crippen LogP contribution in [-0.2, 0) is 0 Å². The highest BCUT2D eigenvalue weighted by molar-refractivity contribution is 9.10. The fraction of sp³-hybridized carbons (Fsp3) is 0.250. The lowest BCUT2D eigenvalue weighted by molar-refractivity contribution is 0.197. The Balaban J connectivity index is 1.37. The number of nitrogens with zero attached hydrogens (tertiary/aromatic N) is 4. The van der Waals surface area contributed by atoms with Gasteiger partial charge in [-0.25, -0.2) is 9.78 Å². The molecule has 9 heteroatoms. The van der Waals surface area contributed by atoms with Crippen molar-refractivity contribution in [1.82, 2.24) is 20.1 Å². The van der Waals surface area contributed by atoms with Crippen LogP contribution in [0.15, 0.2) is 64.8 Å². The van der Waals surface area contributed by atoms with Gasteiger partial charge >= 0.3 is 6.03 Å². The minimum atomic E-state index is -0.183. The first-order chi connectivity index (χ1) is 16.0. The lowest BCUT2D eigenvalue weighted by atomic mass is 9.91. The van der Waals surface area contributed by atoms with Crippen LogP contribution in [0.25, 0.3) is 6.08 Å². The molecule has 8 nitrogen and oxygen atoms in total. The van der Waals surface area contributed by atoms with E-state index < -0.39 is 0 Å². The molecule has 3 heterocycles. The van der Waals surface area contributed by atoms with Crippen molar-refractivity contribution in [2.75, 3.05) is 25.5 Å². The number of carbonyl (C=O) groups excluding carboxylic acids is 1. The largest absolute Gasteiger partial charge is 0.480 e. The Labute approximate surface area is 200 Å². The summed E-state index contributed by atoms with van der Waals surface area (Å²) in [6.45, 7) is 3.38. The first kappa shape index (κ1) is 22.7. The molecule has 2 amide bonds. The summed E-state index contributed by atoms with van der Waals surface area (Å²) in [5.74, 6) is 2.29. The third-order valence-corrected chi connectivity index (χ3v) is 5.77. The van der Waals surface area contributed by atoms with Crippen LogP contribution in [0.2, 0.25) is 0 Å². The zero-order chi connectivity index (χ0) is 23.2. The van der Waals surface area contributed by atoms with Crippen LogP contribution in [0.3, 0.4) is 0 Å². The number of aromatic nitrogens is 3. The molecule has 1 fully saturated rings. The van der Waals surface area contributed by atoms with E-state index in [1.807, 2.05) is 36.4 Å². The molecule has 33 heavy (non-hydrogen) atoms. The fourth-order valence-electron chi connectivity index (χ4n) is 3.56. The molecular weight excluding hydrogens is 486 g/mol. The summed E-state index contributed by atoms with van der Waals surface area (Å²) >= 11 is 3.37. The maximum atomic E-state index is 12.6. The van der Waals surface area contributed by atoms with Crippen LogP contribution in [0.1, 0.15) is 18.9 Å². The number of halogens is 1. The molecular formula is C24H24BrN5O3. The monoisotopic (exact) mass is 509 g/mol. The van der Waals surface area contributed by atoms with Crippen molar-refractivity contribution in [3.8, 4) is 17.5 Å². The molecule has 1 saturated heterocycles. The van der Waals surface area contributed by atoms with E-state index in [9.17, 15) is 4.79 Å². The molecule has 3 aromatic rings. The zero-order valence-electron chi connectivity index (χ0n) is 18.4. The van der Waals surface area contributed by atoms with Gasteiger partial charge in [0.2, 0.25) is 11.8 Å². The standard InChI is InChI=1S/C24H24BrN5O3/c1-16-15-30(24(31)27-21-7-9-23(32-2)29-28-21)11-10-18(16)12-17-4-3-5-20(13-17)33-22-8-6-19(25)14-26-22/h3-9,12-14,16H,10-11,15H2,1-2H3,(H,27,28,31). The number of hydrogen-bond acceptors (Lipinski definition) is 6. The zero-order valence-corrected chi connectivity index (χ0v) is 19.9. The van der Waals surface area contributed by atoms with Crippen molar-refractivity contribution in [3.63, 3.8) is 0 Å². The summed E-state index contributed by atoms with van der Waals surface area (Å²) in [6.07, 6.45) is 4.67. The molecule has 1 unspecified atom stereocenters. The average Bonchev–Trinajstić information content (AvgIpc) is 2.82. The van der Waals surface area contributed by atoms with Crippen molar-refractivity contribution < 1.29 is 14.3 Å². The van der Waals surface area contributed by atoms with Crippen LogP contribution >= 0.6 is 15.9 Å². The Morgan fingerprint density at radius 2 is 2.03 bits per heavy atom. The van der Waals surface area contributed by atoms with Gasteiger partial charge in [0.05, 0.1) is 7.11 Å². The Bertz CT molecular complexity index is 1140. The molecule has 0 radical (unpaired) electrons. The number of nitrogens with one attached hydrogen (secondary N) is 1. The van der Waals surface area contributed by atoms with E-state index >= 15 is 0 Å². The molecule has 0 saturated carbocycles. The van der Waals surface area contributed by atoms with Crippen molar-refractivity contribution in [1.29, 1.82) is 0 Å². The van der Waals surface area contributed by atoms with Crippen molar-refractivity contribution >= 4 is 33.9 Å². The Morgan fingerprint density at radius 1 is 1.18 bits per heavy atom. The first-order valence-electron chi connectivity index (χ1n) is 10.5. The van der Waals surface area contributed by atoms with E-state index in [-0.39, 0.29) is 11.9 Å². The number of benzene rings is 1. The normalized spacial score (nSPS) is 17.0. The number of methoxy groups -OCH3 is 1. The number of hydrogen-bond donors (Lipinski definition) is 1. The number of rotatable bonds is 5. The number of carbonyl (C=O) groups is 1. The lowest BCUT2D eigenvalue weighted by Gasteiger charge is -2.33. The van der Waals surface area contributed by atoms with Gasteiger partial charge in [-0.1, -0.05) is 30.7 Å². The molecule has 1 aliphatic heterocycles. The van der Waals surface area contributed by atoms with Gasteiger partial charge in [0.25, 0.3) is 0 Å². The summed E-state index contributed by atoms with van der Waals surface area (Å²) in [5, 5.41) is 10.6. The molecule has 1 aliphatic rings. The average molecular weight is 510 g/mol. The quantitative estimate of drug-likeness (QED) is 0.495. The highest BCUT2D eigenvalue weighted by Gasteiger charge is 2.24. The van der Waals surface area contributed by atoms with Gasteiger partial charge in [-0.15, -0.1) is 10.2 Å². The van der Waals surface area contributed by atoms with Crippen LogP contribution in [0.4, 0.5) is 10.6 Å². The number of amides is 2. The van der Waals surface area contributed by atoms with E-state index in [2.05, 4.69) is 49.4 Å². The number of anilines is 1. The molecule has 4 rings (SSSR count). The fourth-order valence-corrected chi connectivity index (χ4v) is 3.79. The minimum absolute atomic E-state index is 0.183. The van der Waals surface area contributed by atoms with Gasteiger partial charge in [0, 0.05) is 35.9 Å². The maximum absolute atomic E-state index is 12.6. The van der Waals surface area contributed by atoms with Gasteiger partial charge < -0.3 is 14.4 Å². The van der Waals surface area contributed by atoms with Gasteiger partial charge in [0.1, 0.15) is 5.75 Å². The van der Waals surface area contributed by atoms with Crippen LogP contribution in [0.5, 0.6) is 17.5 Å². The summed E-state index contributed by atoms with van der Waals surface area (Å²) in [7, 11) is 1.52. The Kier molecular flexibility index (Phi) is 7.19. The van der Waals surface area contributed by atoms with Gasteiger partial charge in [-0.2, -0.15) is 0 Å². The van der Waals surface area contributed by atoms with E-state index in [1.54, 1.807) is 23.2 Å². The Hall–Kier alpha value is -3.46. The molecule has 1 atom stereocenters. The van der Waals surface area contributed by atoms with Crippen molar-refractivity contribution in [2.45, 2.75) is 13.3 Å². The first-order valence-corrected chi connectivity index (χ1v) is 11.3. The summed E-state index contributed by atoms with van der Waals surface area (Å²) in [6, 6.07) is 14.8. The summed E-state index contributed by atoms with van der Waals surface area (Å²) < 4.78 is 11.8. The van der Waals surface area contributed by atoms with E-state index in [0.717, 1.165) is 22.2 Å². The minimum Gasteiger partial charge on any atom is -0.480 e. The third-order valence-electron chi connectivity index (χ3n) is 5.30. The van der Waals surface area contributed by atoms with Crippen LogP contribution < -0.4 is 14.8 Å². The second-order valence-electron chi connectivity index (χ2n) is 7.70. The molecule has 0 aliphatic carbocycles. The number of likely N-dealkylation sites (tertiary alicyclic amines) is 1. The van der Waals surface area contributed by atoms with E-state index in [1.165, 1.54) is 12.7 Å². The van der Waals surface area contributed by atoms with E-state index in [4.69, 9.17) is 9.47 Å². The second-order valence-corrected chi connectivity index (χ2v) is 8.61. The highest BCUT2D eigenvalue weighted by Crippen LogP contribution is 2.28. The van der Waals surface area contributed by atoms with Gasteiger partial charge in [-0.05, 0) is 58.1 Å². The van der Waals surface area contributed by atoms with Gasteiger partial charge in [-0.3, -0.25) is 5.32 Å². The topological polar surface area (TPSA) is 89.5 Å². The maximum Gasteiger partial charge on any atom is 0.323 e. The smallest absolute Gasteiger partial charge is 0.323 e. The van der Waals surface area contributed by atoms with Crippen LogP contribution in [0, 0.1) is 5.92 Å². The highest BCUT2D eigenvalue weighted by atomic mass is 79.9. The SMILES string of the molecule is COc1ccc(NC(=O)N2CCC(=Cc3cccc(Oc4ccc(Br)cn4)c3)C(C)C2)nn1. The lowest BCUT2D eigenvalue weighted by Crippen LogP contribution is -2.42. The van der Waals surface area contributed by atoms with Crippen LogP contribution in [-0.4, -0.2) is 46.3 Å². The second kappa shape index (κ2) is 10.4. The summed E-state index contributed by atoms with van der Waals surface area (Å²) in [5.41, 5.74) is 2.35. The molecule has 1 N–H and O–H groups in total. The number of ether oxygens (including phenoxy) is 2. The summed E-state index contributed by atoms with van der Waals surface area (Å²) in [4.78, 5) is 18.7. The molecule has 170 valence electrons. The molecule has 1 aromatic carbocycles. The third kappa shape index (κ3) is 6.07. The van der Waals surface area contributed by atoms with Gasteiger partial charge in [0.15, 0.2) is 5.82 Å². The predicted molar refractivity (Wildman–Crippen MR) is 129 cm³/mol. The van der Waals surface area contributed by atoms with Crippen molar-refractivity contribution in [3.05, 3.63) is 70.3 Å². The number of pyridine rings is 1. The number of piperidine rings is 1. The van der Waals surface area contributed by atoms with E-state index in [0.29, 0.717) is 30.7 Å².